The Hall–Kier alpha value is -2.42. The summed E-state index contributed by atoms with van der Waals surface area (Å²) < 4.78 is 0. The Morgan fingerprint density at radius 2 is 2.10 bits per heavy atom. The Labute approximate surface area is 182 Å². The highest BCUT2D eigenvalue weighted by atomic mass is 35.5. The molecule has 0 spiro atoms. The fourth-order valence-corrected chi connectivity index (χ4v) is 3.19. The van der Waals surface area contributed by atoms with Gasteiger partial charge in [0.25, 0.3) is 11.6 Å². The number of nitro benzene ring substituents is 1. The topological polar surface area (TPSA) is 100 Å². The van der Waals surface area contributed by atoms with Crippen LogP contribution >= 0.6 is 24.8 Å². The van der Waals surface area contributed by atoms with Gasteiger partial charge in [-0.25, -0.2) is 0 Å². The van der Waals surface area contributed by atoms with Crippen LogP contribution in [0.4, 0.5) is 11.4 Å². The number of carbonyl (C=O) groups is 1. The van der Waals surface area contributed by atoms with Gasteiger partial charge in [0.05, 0.1) is 16.7 Å². The summed E-state index contributed by atoms with van der Waals surface area (Å²) in [4.78, 5) is 29.9. The molecule has 0 radical (unpaired) electrons. The van der Waals surface area contributed by atoms with Crippen LogP contribution in [0.2, 0.25) is 0 Å². The Morgan fingerprint density at radius 3 is 2.72 bits per heavy atom. The van der Waals surface area contributed by atoms with Gasteiger partial charge in [0, 0.05) is 43.5 Å². The summed E-state index contributed by atoms with van der Waals surface area (Å²) in [5.74, 6) is -0.184. The number of amides is 1. The number of carbonyl (C=O) groups excluding carboxylic acids is 1. The number of anilines is 1. The van der Waals surface area contributed by atoms with E-state index in [4.69, 9.17) is 0 Å². The third kappa shape index (κ3) is 5.79. The van der Waals surface area contributed by atoms with E-state index in [1.807, 2.05) is 32.0 Å². The van der Waals surface area contributed by atoms with Gasteiger partial charge in [0.2, 0.25) is 0 Å². The molecule has 2 aromatic rings. The maximum absolute atomic E-state index is 12.8. The van der Waals surface area contributed by atoms with Crippen LogP contribution in [0.1, 0.15) is 35.9 Å². The lowest BCUT2D eigenvalue weighted by atomic mass is 10.1. The van der Waals surface area contributed by atoms with Gasteiger partial charge in [-0.1, -0.05) is 6.07 Å². The van der Waals surface area contributed by atoms with E-state index < -0.39 is 4.92 Å². The van der Waals surface area contributed by atoms with E-state index in [2.05, 4.69) is 15.6 Å². The zero-order valence-corrected chi connectivity index (χ0v) is 17.8. The van der Waals surface area contributed by atoms with E-state index in [1.54, 1.807) is 23.2 Å². The van der Waals surface area contributed by atoms with Crippen LogP contribution in [0, 0.1) is 10.1 Å². The molecular weight excluding hydrogens is 417 g/mol. The highest BCUT2D eigenvalue weighted by molar-refractivity contribution is 5.96. The minimum Gasteiger partial charge on any atom is -0.371 e. The summed E-state index contributed by atoms with van der Waals surface area (Å²) in [5.41, 5.74) is 1.35. The van der Waals surface area contributed by atoms with Crippen molar-refractivity contribution in [1.82, 2.24) is 15.2 Å². The lowest BCUT2D eigenvalue weighted by Crippen LogP contribution is -2.52. The molecule has 1 amide bonds. The van der Waals surface area contributed by atoms with Crippen molar-refractivity contribution in [2.45, 2.75) is 25.9 Å². The van der Waals surface area contributed by atoms with Crippen molar-refractivity contribution in [2.75, 3.05) is 25.0 Å². The fourth-order valence-electron chi connectivity index (χ4n) is 3.19. The van der Waals surface area contributed by atoms with E-state index in [1.165, 1.54) is 6.07 Å². The zero-order chi connectivity index (χ0) is 19.4. The quantitative estimate of drug-likeness (QED) is 0.544. The van der Waals surface area contributed by atoms with E-state index >= 15 is 0 Å². The van der Waals surface area contributed by atoms with Gasteiger partial charge >= 0.3 is 0 Å². The zero-order valence-electron chi connectivity index (χ0n) is 16.2. The lowest BCUT2D eigenvalue weighted by molar-refractivity contribution is -0.384. The monoisotopic (exact) mass is 441 g/mol. The van der Waals surface area contributed by atoms with Crippen molar-refractivity contribution < 1.29 is 9.72 Å². The van der Waals surface area contributed by atoms with Crippen LogP contribution in [-0.4, -0.2) is 46.4 Å². The predicted molar refractivity (Wildman–Crippen MR) is 117 cm³/mol. The first-order valence-electron chi connectivity index (χ1n) is 8.95. The van der Waals surface area contributed by atoms with Crippen LogP contribution in [0.25, 0.3) is 0 Å². The van der Waals surface area contributed by atoms with Crippen molar-refractivity contribution >= 4 is 42.1 Å². The van der Waals surface area contributed by atoms with Gasteiger partial charge in [0.1, 0.15) is 5.69 Å². The number of nitro groups is 1. The molecule has 1 unspecified atom stereocenters. The number of aromatic nitrogens is 1. The molecule has 1 aromatic carbocycles. The second-order valence-electron chi connectivity index (χ2n) is 6.66. The first-order chi connectivity index (χ1) is 13.0. The summed E-state index contributed by atoms with van der Waals surface area (Å²) in [7, 11) is 0. The van der Waals surface area contributed by atoms with Gasteiger partial charge < -0.3 is 15.5 Å². The molecule has 1 aromatic heterocycles. The third-order valence-corrected chi connectivity index (χ3v) is 4.71. The number of hydrogen-bond donors (Lipinski definition) is 2. The molecule has 0 aliphatic carbocycles. The number of benzene rings is 1. The highest BCUT2D eigenvalue weighted by Crippen LogP contribution is 2.29. The molecule has 0 bridgehead atoms. The molecule has 1 saturated heterocycles. The molecule has 1 fully saturated rings. The summed E-state index contributed by atoms with van der Waals surface area (Å²) in [6.45, 7) is 5.87. The largest absolute Gasteiger partial charge is 0.371 e. The SMILES string of the molecule is CC(Nc1ccc(C(=O)N2CCNC[C@@H]2C)cc1[N+](=O)[O-])c1ccccn1.Cl.Cl. The average Bonchev–Trinajstić information content (AvgIpc) is 2.68. The average molecular weight is 442 g/mol. The van der Waals surface area contributed by atoms with Crippen LogP contribution < -0.4 is 10.6 Å². The van der Waals surface area contributed by atoms with Crippen molar-refractivity contribution in [3.8, 4) is 0 Å². The van der Waals surface area contributed by atoms with E-state index in [9.17, 15) is 14.9 Å². The fraction of sp³-hybridized carbons (Fsp3) is 0.368. The third-order valence-electron chi connectivity index (χ3n) is 4.71. The predicted octanol–water partition coefficient (Wildman–Crippen LogP) is 3.44. The number of piperazine rings is 1. The molecule has 1 aliphatic rings. The highest BCUT2D eigenvalue weighted by Gasteiger charge is 2.26. The summed E-state index contributed by atoms with van der Waals surface area (Å²) in [6.07, 6.45) is 1.68. The molecule has 158 valence electrons. The second kappa shape index (κ2) is 10.9. The Balaban J connectivity index is 0.00000210. The molecule has 2 heterocycles. The summed E-state index contributed by atoms with van der Waals surface area (Å²) in [6, 6.07) is 9.96. The number of halogens is 2. The van der Waals surface area contributed by atoms with E-state index in [0.29, 0.717) is 17.8 Å². The van der Waals surface area contributed by atoms with E-state index in [-0.39, 0.29) is 48.5 Å². The maximum atomic E-state index is 12.8. The first-order valence-corrected chi connectivity index (χ1v) is 8.95. The molecule has 2 N–H and O–H groups in total. The van der Waals surface area contributed by atoms with E-state index in [0.717, 1.165) is 18.8 Å². The molecular formula is C19H25Cl2N5O3. The smallest absolute Gasteiger partial charge is 0.293 e. The molecule has 8 nitrogen and oxygen atoms in total. The van der Waals surface area contributed by atoms with Gasteiger partial charge in [-0.2, -0.15) is 0 Å². The number of nitrogens with one attached hydrogen (secondary N) is 2. The molecule has 0 saturated carbocycles. The van der Waals surface area contributed by atoms with Gasteiger partial charge in [-0.3, -0.25) is 19.9 Å². The molecule has 29 heavy (non-hydrogen) atoms. The van der Waals surface area contributed by atoms with Crippen LogP contribution in [-0.2, 0) is 0 Å². The standard InChI is InChI=1S/C19H23N5O3.2ClH/c1-13-12-20-9-10-23(13)19(25)15-6-7-17(18(11-15)24(26)27)22-14(2)16-5-3-4-8-21-16;;/h3-8,11,13-14,20,22H,9-10,12H2,1-2H3;2*1H/t13-,14?;;/m0../s1. The molecule has 10 heteroatoms. The number of rotatable bonds is 5. The van der Waals surface area contributed by atoms with Crippen molar-refractivity contribution in [2.24, 2.45) is 0 Å². The van der Waals surface area contributed by atoms with Gasteiger partial charge in [0.15, 0.2) is 0 Å². The normalized spacial score (nSPS) is 16.8. The van der Waals surface area contributed by atoms with Crippen LogP contribution in [0.15, 0.2) is 42.6 Å². The first kappa shape index (κ1) is 24.6. The summed E-state index contributed by atoms with van der Waals surface area (Å²) in [5, 5.41) is 17.9. The van der Waals surface area contributed by atoms with Crippen LogP contribution in [0.5, 0.6) is 0 Å². The Bertz CT molecular complexity index is 838. The summed E-state index contributed by atoms with van der Waals surface area (Å²) >= 11 is 0. The molecule has 1 aliphatic heterocycles. The minimum atomic E-state index is -0.467. The van der Waals surface area contributed by atoms with Crippen LogP contribution in [0.3, 0.4) is 0 Å². The minimum absolute atomic E-state index is 0. The molecule has 2 atom stereocenters. The van der Waals surface area contributed by atoms with Gasteiger partial charge in [-0.05, 0) is 38.1 Å². The number of hydrogen-bond acceptors (Lipinski definition) is 6. The maximum Gasteiger partial charge on any atom is 0.293 e. The van der Waals surface area contributed by atoms with Crippen molar-refractivity contribution in [3.63, 3.8) is 0 Å². The van der Waals surface area contributed by atoms with Gasteiger partial charge in [-0.15, -0.1) is 24.8 Å². The number of pyridine rings is 1. The second-order valence-corrected chi connectivity index (χ2v) is 6.66. The Morgan fingerprint density at radius 1 is 1.34 bits per heavy atom. The van der Waals surface area contributed by atoms with Crippen molar-refractivity contribution in [1.29, 1.82) is 0 Å². The van der Waals surface area contributed by atoms with Crippen molar-refractivity contribution in [3.05, 3.63) is 64.0 Å². The lowest BCUT2D eigenvalue weighted by Gasteiger charge is -2.34. The molecule has 3 rings (SSSR count). The number of nitrogens with zero attached hydrogens (tertiary/aromatic N) is 3. The Kier molecular flexibility index (Phi) is 9.29.